The lowest BCUT2D eigenvalue weighted by atomic mass is 9.70. The van der Waals surface area contributed by atoms with E-state index in [0.29, 0.717) is 11.8 Å². The minimum absolute atomic E-state index is 0.105. The standard InChI is InChI=1S/C17H23NO2/c1-12(11-18)14-6-4-5-7-15(14)13-8-9-16(19-2)17(10-13)20-3/h8-10,12,14-15H,4-7H2,1-3H3. The summed E-state index contributed by atoms with van der Waals surface area (Å²) in [4.78, 5) is 0. The Morgan fingerprint density at radius 1 is 1.15 bits per heavy atom. The zero-order valence-corrected chi connectivity index (χ0v) is 12.6. The molecule has 2 rings (SSSR count). The molecular weight excluding hydrogens is 250 g/mol. The SMILES string of the molecule is COc1ccc(C2CCCCC2C(C)C#N)cc1OC. The molecule has 0 N–H and O–H groups in total. The van der Waals surface area contributed by atoms with E-state index in [-0.39, 0.29) is 5.92 Å². The van der Waals surface area contributed by atoms with Gasteiger partial charge in [0.05, 0.1) is 20.3 Å². The van der Waals surface area contributed by atoms with E-state index in [9.17, 15) is 5.26 Å². The predicted molar refractivity (Wildman–Crippen MR) is 79.0 cm³/mol. The maximum Gasteiger partial charge on any atom is 0.160 e. The molecule has 3 atom stereocenters. The fraction of sp³-hybridized carbons (Fsp3) is 0.588. The molecule has 0 aliphatic heterocycles. The van der Waals surface area contributed by atoms with Gasteiger partial charge >= 0.3 is 0 Å². The van der Waals surface area contributed by atoms with Crippen LogP contribution in [0, 0.1) is 23.2 Å². The van der Waals surface area contributed by atoms with Crippen LogP contribution in [-0.2, 0) is 0 Å². The van der Waals surface area contributed by atoms with Crippen molar-refractivity contribution in [1.82, 2.24) is 0 Å². The first-order valence-electron chi connectivity index (χ1n) is 7.32. The van der Waals surface area contributed by atoms with E-state index in [2.05, 4.69) is 18.2 Å². The van der Waals surface area contributed by atoms with Crippen LogP contribution in [0.15, 0.2) is 18.2 Å². The Morgan fingerprint density at radius 3 is 2.50 bits per heavy atom. The third-order valence-electron chi connectivity index (χ3n) is 4.50. The average Bonchev–Trinajstić information content (AvgIpc) is 2.53. The van der Waals surface area contributed by atoms with Crippen LogP contribution in [0.4, 0.5) is 0 Å². The molecule has 0 heterocycles. The van der Waals surface area contributed by atoms with E-state index in [1.807, 2.05) is 13.0 Å². The molecule has 108 valence electrons. The number of ether oxygens (including phenoxy) is 2. The Morgan fingerprint density at radius 2 is 1.85 bits per heavy atom. The largest absolute Gasteiger partial charge is 0.493 e. The molecule has 1 aliphatic carbocycles. The first-order valence-corrected chi connectivity index (χ1v) is 7.32. The summed E-state index contributed by atoms with van der Waals surface area (Å²) in [7, 11) is 3.32. The highest BCUT2D eigenvalue weighted by molar-refractivity contribution is 5.44. The normalized spacial score (nSPS) is 23.7. The van der Waals surface area contributed by atoms with Crippen molar-refractivity contribution in [3.63, 3.8) is 0 Å². The molecule has 1 aromatic carbocycles. The van der Waals surface area contributed by atoms with E-state index >= 15 is 0 Å². The third kappa shape index (κ3) is 2.90. The van der Waals surface area contributed by atoms with Gasteiger partial charge in [0.15, 0.2) is 11.5 Å². The number of hydrogen-bond donors (Lipinski definition) is 0. The number of nitriles is 1. The van der Waals surface area contributed by atoms with Gasteiger partial charge < -0.3 is 9.47 Å². The molecule has 1 aromatic rings. The Hall–Kier alpha value is -1.69. The zero-order chi connectivity index (χ0) is 14.5. The molecule has 0 amide bonds. The maximum atomic E-state index is 9.24. The van der Waals surface area contributed by atoms with E-state index < -0.39 is 0 Å². The Balaban J connectivity index is 2.30. The zero-order valence-electron chi connectivity index (χ0n) is 12.6. The highest BCUT2D eigenvalue weighted by Crippen LogP contribution is 2.43. The molecule has 0 saturated heterocycles. The van der Waals surface area contributed by atoms with Crippen LogP contribution in [0.3, 0.4) is 0 Å². The molecule has 3 nitrogen and oxygen atoms in total. The van der Waals surface area contributed by atoms with Gasteiger partial charge in [0.25, 0.3) is 0 Å². The lowest BCUT2D eigenvalue weighted by Crippen LogP contribution is -2.23. The van der Waals surface area contributed by atoms with E-state index in [1.165, 1.54) is 18.4 Å². The molecule has 1 saturated carbocycles. The molecule has 3 unspecified atom stereocenters. The number of methoxy groups -OCH3 is 2. The second-order valence-electron chi connectivity index (χ2n) is 5.59. The quantitative estimate of drug-likeness (QED) is 0.828. The Labute approximate surface area is 121 Å². The predicted octanol–water partition coefficient (Wildman–Crippen LogP) is 4.14. The van der Waals surface area contributed by atoms with Crippen molar-refractivity contribution in [2.75, 3.05) is 14.2 Å². The first-order chi connectivity index (χ1) is 9.71. The van der Waals surface area contributed by atoms with Crippen LogP contribution in [-0.4, -0.2) is 14.2 Å². The van der Waals surface area contributed by atoms with Crippen LogP contribution in [0.2, 0.25) is 0 Å². The summed E-state index contributed by atoms with van der Waals surface area (Å²) in [5, 5.41) is 9.24. The van der Waals surface area contributed by atoms with Crippen LogP contribution in [0.1, 0.15) is 44.1 Å². The lowest BCUT2D eigenvalue weighted by Gasteiger charge is -2.33. The van der Waals surface area contributed by atoms with Crippen LogP contribution in [0.25, 0.3) is 0 Å². The number of nitrogens with zero attached hydrogens (tertiary/aromatic N) is 1. The van der Waals surface area contributed by atoms with Gasteiger partial charge in [-0.1, -0.05) is 18.9 Å². The van der Waals surface area contributed by atoms with Gasteiger partial charge in [-0.05, 0) is 49.3 Å². The van der Waals surface area contributed by atoms with Crippen molar-refractivity contribution in [2.45, 2.75) is 38.5 Å². The Kier molecular flexibility index (Phi) is 4.89. The van der Waals surface area contributed by atoms with Gasteiger partial charge in [-0.15, -0.1) is 0 Å². The summed E-state index contributed by atoms with van der Waals surface area (Å²) in [5.74, 6) is 2.55. The van der Waals surface area contributed by atoms with E-state index in [4.69, 9.17) is 9.47 Å². The maximum absolute atomic E-state index is 9.24. The van der Waals surface area contributed by atoms with Crippen LogP contribution < -0.4 is 9.47 Å². The highest BCUT2D eigenvalue weighted by atomic mass is 16.5. The first kappa shape index (κ1) is 14.7. The molecule has 0 spiro atoms. The fourth-order valence-electron chi connectivity index (χ4n) is 3.35. The Bertz CT molecular complexity index is 492. The monoisotopic (exact) mass is 273 g/mol. The molecule has 3 heteroatoms. The van der Waals surface area contributed by atoms with E-state index in [1.54, 1.807) is 14.2 Å². The van der Waals surface area contributed by atoms with Crippen molar-refractivity contribution >= 4 is 0 Å². The molecule has 0 bridgehead atoms. The summed E-state index contributed by atoms with van der Waals surface area (Å²) >= 11 is 0. The second-order valence-corrected chi connectivity index (χ2v) is 5.59. The summed E-state index contributed by atoms with van der Waals surface area (Å²) in [5.41, 5.74) is 1.27. The lowest BCUT2D eigenvalue weighted by molar-refractivity contribution is 0.259. The van der Waals surface area contributed by atoms with Crippen molar-refractivity contribution in [3.05, 3.63) is 23.8 Å². The van der Waals surface area contributed by atoms with Gasteiger partial charge in [-0.25, -0.2) is 0 Å². The smallest absolute Gasteiger partial charge is 0.160 e. The van der Waals surface area contributed by atoms with Crippen molar-refractivity contribution in [2.24, 2.45) is 11.8 Å². The van der Waals surface area contributed by atoms with Crippen LogP contribution in [0.5, 0.6) is 11.5 Å². The fourth-order valence-corrected chi connectivity index (χ4v) is 3.35. The second kappa shape index (κ2) is 6.65. The van der Waals surface area contributed by atoms with Crippen molar-refractivity contribution in [3.8, 4) is 17.6 Å². The van der Waals surface area contributed by atoms with Crippen molar-refractivity contribution in [1.29, 1.82) is 5.26 Å². The van der Waals surface area contributed by atoms with Gasteiger partial charge in [0.1, 0.15) is 0 Å². The molecular formula is C17H23NO2. The summed E-state index contributed by atoms with van der Waals surface area (Å²) < 4.78 is 10.7. The number of rotatable bonds is 4. The topological polar surface area (TPSA) is 42.2 Å². The number of hydrogen-bond acceptors (Lipinski definition) is 3. The van der Waals surface area contributed by atoms with Gasteiger partial charge in [-0.3, -0.25) is 0 Å². The molecule has 0 radical (unpaired) electrons. The molecule has 1 fully saturated rings. The summed E-state index contributed by atoms with van der Waals surface area (Å²) in [6.07, 6.45) is 4.79. The molecule has 0 aromatic heterocycles. The van der Waals surface area contributed by atoms with Crippen LogP contribution >= 0.6 is 0 Å². The minimum atomic E-state index is 0.105. The van der Waals surface area contributed by atoms with E-state index in [0.717, 1.165) is 24.3 Å². The minimum Gasteiger partial charge on any atom is -0.493 e. The molecule has 20 heavy (non-hydrogen) atoms. The summed E-state index contributed by atoms with van der Waals surface area (Å²) in [6, 6.07) is 8.59. The summed E-state index contributed by atoms with van der Waals surface area (Å²) in [6.45, 7) is 2.05. The highest BCUT2D eigenvalue weighted by Gasteiger charge is 2.31. The molecule has 1 aliphatic rings. The van der Waals surface area contributed by atoms with Gasteiger partial charge in [-0.2, -0.15) is 5.26 Å². The van der Waals surface area contributed by atoms with Gasteiger partial charge in [0.2, 0.25) is 0 Å². The van der Waals surface area contributed by atoms with Crippen molar-refractivity contribution < 1.29 is 9.47 Å². The average molecular weight is 273 g/mol. The third-order valence-corrected chi connectivity index (χ3v) is 4.50. The van der Waals surface area contributed by atoms with Gasteiger partial charge in [0, 0.05) is 5.92 Å². The number of benzene rings is 1.